The molecule has 68 valence electrons. The number of aromatic nitrogens is 1. The fourth-order valence-electron chi connectivity index (χ4n) is 0.992. The predicted molar refractivity (Wildman–Crippen MR) is 41.5 cm³/mol. The van der Waals surface area contributed by atoms with Gasteiger partial charge in [-0.05, 0) is 6.92 Å². The molecule has 0 aliphatic carbocycles. The molecule has 0 radical (unpaired) electrons. The van der Waals surface area contributed by atoms with Crippen molar-refractivity contribution in [2.45, 2.75) is 13.3 Å². The van der Waals surface area contributed by atoms with Crippen molar-refractivity contribution < 1.29 is 8.78 Å². The number of H-pyrrole nitrogens is 1. The third kappa shape index (κ3) is 1.72. The van der Waals surface area contributed by atoms with E-state index < -0.39 is 23.1 Å². The second-order valence-corrected chi connectivity index (χ2v) is 2.52. The highest BCUT2D eigenvalue weighted by molar-refractivity contribution is 5.34. The number of halogens is 2. The third-order valence-corrected chi connectivity index (χ3v) is 1.53. The number of nitriles is 1. The van der Waals surface area contributed by atoms with E-state index in [1.54, 1.807) is 0 Å². The number of pyridine rings is 1. The van der Waals surface area contributed by atoms with Gasteiger partial charge in [-0.1, -0.05) is 0 Å². The van der Waals surface area contributed by atoms with Gasteiger partial charge in [0.2, 0.25) is 0 Å². The summed E-state index contributed by atoms with van der Waals surface area (Å²) < 4.78 is 24.5. The van der Waals surface area contributed by atoms with Crippen molar-refractivity contribution in [3.05, 3.63) is 33.2 Å². The molecule has 0 aliphatic heterocycles. The number of nitrogens with one attached hydrogen (secondary N) is 1. The molecule has 0 bridgehead atoms. The Bertz CT molecular complexity index is 417. The van der Waals surface area contributed by atoms with Crippen molar-refractivity contribution in [1.82, 2.24) is 4.98 Å². The van der Waals surface area contributed by atoms with Gasteiger partial charge in [0.15, 0.2) is 5.43 Å². The molecule has 1 aromatic heterocycles. The molecule has 5 heteroatoms. The molecule has 0 aromatic carbocycles. The van der Waals surface area contributed by atoms with E-state index in [1.165, 1.54) is 13.0 Å². The van der Waals surface area contributed by atoms with Gasteiger partial charge >= 0.3 is 0 Å². The van der Waals surface area contributed by atoms with Gasteiger partial charge in [0.05, 0.1) is 0 Å². The maximum atomic E-state index is 12.3. The van der Waals surface area contributed by atoms with E-state index in [2.05, 4.69) is 4.98 Å². The van der Waals surface area contributed by atoms with Gasteiger partial charge < -0.3 is 4.98 Å². The number of nitrogens with zero attached hydrogens (tertiary/aromatic N) is 1. The van der Waals surface area contributed by atoms with Gasteiger partial charge in [-0.25, -0.2) is 8.78 Å². The summed E-state index contributed by atoms with van der Waals surface area (Å²) in [6.45, 7) is 1.48. The van der Waals surface area contributed by atoms with E-state index in [0.717, 1.165) is 6.07 Å². The van der Waals surface area contributed by atoms with Crippen LogP contribution in [-0.2, 0) is 0 Å². The van der Waals surface area contributed by atoms with Crippen LogP contribution in [0.5, 0.6) is 0 Å². The summed E-state index contributed by atoms with van der Waals surface area (Å²) in [6, 6.07) is 2.56. The summed E-state index contributed by atoms with van der Waals surface area (Å²) in [5.74, 6) is 0. The summed E-state index contributed by atoms with van der Waals surface area (Å²) in [5, 5.41) is 8.44. The Labute approximate surface area is 72.6 Å². The molecule has 0 atom stereocenters. The Morgan fingerprint density at radius 1 is 1.62 bits per heavy atom. The zero-order chi connectivity index (χ0) is 10.0. The molecule has 1 rings (SSSR count). The molecule has 0 saturated carbocycles. The summed E-state index contributed by atoms with van der Waals surface area (Å²) in [6.07, 6.45) is -2.83. The fourth-order valence-corrected chi connectivity index (χ4v) is 0.992. The Hall–Kier alpha value is -1.70. The second-order valence-electron chi connectivity index (χ2n) is 2.52. The standard InChI is InChI=1S/C8H6F2N2O/c1-4-2-6(13)5(3-11)7(12-4)8(9)10/h2,8H,1H3,(H,12,13). The number of alkyl halides is 2. The zero-order valence-electron chi connectivity index (χ0n) is 6.77. The van der Waals surface area contributed by atoms with Crippen LogP contribution in [0.15, 0.2) is 10.9 Å². The van der Waals surface area contributed by atoms with Gasteiger partial charge in [-0.2, -0.15) is 5.26 Å². The number of hydrogen-bond acceptors (Lipinski definition) is 2. The molecular formula is C8H6F2N2O. The molecule has 13 heavy (non-hydrogen) atoms. The highest BCUT2D eigenvalue weighted by Crippen LogP contribution is 2.17. The topological polar surface area (TPSA) is 56.6 Å². The maximum absolute atomic E-state index is 12.3. The molecule has 1 heterocycles. The van der Waals surface area contributed by atoms with Crippen molar-refractivity contribution in [2.75, 3.05) is 0 Å². The zero-order valence-corrected chi connectivity index (χ0v) is 6.77. The Kier molecular flexibility index (Phi) is 2.42. The molecule has 0 fully saturated rings. The number of hydrogen-bond donors (Lipinski definition) is 1. The van der Waals surface area contributed by atoms with Gasteiger partial charge in [-0.3, -0.25) is 4.79 Å². The number of aryl methyl sites for hydroxylation is 1. The van der Waals surface area contributed by atoms with Crippen molar-refractivity contribution in [1.29, 1.82) is 5.26 Å². The molecule has 0 amide bonds. The normalized spacial score (nSPS) is 10.1. The monoisotopic (exact) mass is 184 g/mol. The molecule has 0 spiro atoms. The van der Waals surface area contributed by atoms with E-state index in [-0.39, 0.29) is 0 Å². The van der Waals surface area contributed by atoms with Crippen LogP contribution in [0.3, 0.4) is 0 Å². The molecule has 0 saturated heterocycles. The summed E-state index contributed by atoms with van der Waals surface area (Å²) >= 11 is 0. The van der Waals surface area contributed by atoms with Crippen LogP contribution < -0.4 is 5.43 Å². The van der Waals surface area contributed by atoms with Crippen molar-refractivity contribution in [3.8, 4) is 6.07 Å². The average Bonchev–Trinajstić information content (AvgIpc) is 2.02. The minimum Gasteiger partial charge on any atom is -0.357 e. The molecule has 0 unspecified atom stereocenters. The van der Waals surface area contributed by atoms with Crippen LogP contribution in [0.2, 0.25) is 0 Å². The lowest BCUT2D eigenvalue weighted by Crippen LogP contribution is -2.12. The van der Waals surface area contributed by atoms with Crippen LogP contribution in [0.4, 0.5) is 8.78 Å². The van der Waals surface area contributed by atoms with Gasteiger partial charge in [-0.15, -0.1) is 0 Å². The van der Waals surface area contributed by atoms with E-state index in [4.69, 9.17) is 5.26 Å². The van der Waals surface area contributed by atoms with E-state index in [1.807, 2.05) is 0 Å². The van der Waals surface area contributed by atoms with E-state index in [0.29, 0.717) is 5.69 Å². The lowest BCUT2D eigenvalue weighted by molar-refractivity contribution is 0.145. The fraction of sp³-hybridized carbons (Fsp3) is 0.250. The first-order chi connectivity index (χ1) is 6.06. The third-order valence-electron chi connectivity index (χ3n) is 1.53. The van der Waals surface area contributed by atoms with E-state index >= 15 is 0 Å². The summed E-state index contributed by atoms with van der Waals surface area (Å²) in [4.78, 5) is 13.3. The summed E-state index contributed by atoms with van der Waals surface area (Å²) in [5.41, 5.74) is -1.47. The Morgan fingerprint density at radius 2 is 2.23 bits per heavy atom. The van der Waals surface area contributed by atoms with Crippen molar-refractivity contribution in [3.63, 3.8) is 0 Å². The Balaban J connectivity index is 3.50. The van der Waals surface area contributed by atoms with Crippen molar-refractivity contribution in [2.24, 2.45) is 0 Å². The second kappa shape index (κ2) is 3.35. The predicted octanol–water partition coefficient (Wildman–Crippen LogP) is 1.49. The van der Waals surface area contributed by atoms with Crippen LogP contribution in [0.25, 0.3) is 0 Å². The highest BCUT2D eigenvalue weighted by Gasteiger charge is 2.16. The van der Waals surface area contributed by atoms with Crippen LogP contribution in [0, 0.1) is 18.3 Å². The Morgan fingerprint density at radius 3 is 2.69 bits per heavy atom. The first kappa shape index (κ1) is 9.39. The largest absolute Gasteiger partial charge is 0.357 e. The van der Waals surface area contributed by atoms with Crippen LogP contribution >= 0.6 is 0 Å². The SMILES string of the molecule is Cc1cc(=O)c(C#N)c(C(F)F)[nH]1. The molecule has 1 aromatic rings. The maximum Gasteiger partial charge on any atom is 0.279 e. The first-order valence-corrected chi connectivity index (χ1v) is 3.48. The van der Waals surface area contributed by atoms with Gasteiger partial charge in [0, 0.05) is 11.8 Å². The molecule has 1 N–H and O–H groups in total. The van der Waals surface area contributed by atoms with E-state index in [9.17, 15) is 13.6 Å². The smallest absolute Gasteiger partial charge is 0.279 e. The highest BCUT2D eigenvalue weighted by atomic mass is 19.3. The van der Waals surface area contributed by atoms with Gasteiger partial charge in [0.1, 0.15) is 17.3 Å². The van der Waals surface area contributed by atoms with Crippen LogP contribution in [0.1, 0.15) is 23.4 Å². The average molecular weight is 184 g/mol. The van der Waals surface area contributed by atoms with Crippen LogP contribution in [-0.4, -0.2) is 4.98 Å². The lowest BCUT2D eigenvalue weighted by atomic mass is 10.2. The molecule has 0 aliphatic rings. The molecule has 3 nitrogen and oxygen atoms in total. The minimum absolute atomic E-state index is 0.319. The van der Waals surface area contributed by atoms with Crippen molar-refractivity contribution >= 4 is 0 Å². The first-order valence-electron chi connectivity index (χ1n) is 3.48. The quantitative estimate of drug-likeness (QED) is 0.718. The summed E-state index contributed by atoms with van der Waals surface area (Å²) in [7, 11) is 0. The lowest BCUT2D eigenvalue weighted by Gasteiger charge is -2.02. The van der Waals surface area contributed by atoms with Gasteiger partial charge in [0.25, 0.3) is 6.43 Å². The molecular weight excluding hydrogens is 178 g/mol. The minimum atomic E-state index is -2.83. The number of aromatic amines is 1. The number of rotatable bonds is 1.